The number of amides is 1. The number of hydrogen-bond donors (Lipinski definition) is 3. The lowest BCUT2D eigenvalue weighted by molar-refractivity contribution is -0.208. The van der Waals surface area contributed by atoms with Crippen molar-refractivity contribution in [1.29, 1.82) is 0 Å². The summed E-state index contributed by atoms with van der Waals surface area (Å²) in [5, 5.41) is 14.1. The van der Waals surface area contributed by atoms with Crippen LogP contribution in [0.5, 0.6) is 0 Å². The van der Waals surface area contributed by atoms with Crippen LogP contribution in [0.3, 0.4) is 0 Å². The van der Waals surface area contributed by atoms with Crippen molar-refractivity contribution in [3.8, 4) is 0 Å². The number of aliphatic hydroxyl groups is 1. The summed E-state index contributed by atoms with van der Waals surface area (Å²) >= 11 is 1.49. The fraction of sp³-hybridized carbons (Fsp3) is 0.765. The third-order valence-corrected chi connectivity index (χ3v) is 5.99. The van der Waals surface area contributed by atoms with Crippen molar-refractivity contribution < 1.29 is 14.6 Å². The first kappa shape index (κ1) is 18.7. The molecule has 3 N–H and O–H groups in total. The molecule has 25 heavy (non-hydrogen) atoms. The number of imidazole rings is 1. The molecule has 2 fully saturated rings. The summed E-state index contributed by atoms with van der Waals surface area (Å²) < 4.78 is 6.08. The molecule has 140 valence electrons. The Balaban J connectivity index is 1.62. The second-order valence-electron chi connectivity index (χ2n) is 7.28. The summed E-state index contributed by atoms with van der Waals surface area (Å²) in [7, 11) is 0. The number of likely N-dealkylation sites (tertiary alicyclic amines) is 1. The number of piperidine rings is 1. The number of carbonyl (C=O) groups excluding carboxylic acids is 1. The summed E-state index contributed by atoms with van der Waals surface area (Å²) in [6, 6.07) is 0. The number of ether oxygens (including phenoxy) is 1. The third-order valence-electron chi connectivity index (χ3n) is 5.44. The molecule has 2 aliphatic heterocycles. The quantitative estimate of drug-likeness (QED) is 0.711. The number of hydrogen-bond acceptors (Lipinski definition) is 6. The Kier molecular flexibility index (Phi) is 5.72. The lowest BCUT2D eigenvalue weighted by atomic mass is 9.73. The molecular formula is C17H28N4O3S. The van der Waals surface area contributed by atoms with Gasteiger partial charge in [-0.25, -0.2) is 4.98 Å². The Hall–Kier alpha value is -1.09. The van der Waals surface area contributed by atoms with Crippen LogP contribution in [0.15, 0.2) is 12.4 Å². The van der Waals surface area contributed by atoms with E-state index in [2.05, 4.69) is 20.2 Å². The fourth-order valence-electron chi connectivity index (χ4n) is 3.98. The summed E-state index contributed by atoms with van der Waals surface area (Å²) in [5.74, 6) is 1.34. The van der Waals surface area contributed by atoms with E-state index in [9.17, 15) is 9.90 Å². The molecule has 0 radical (unpaired) electrons. The van der Waals surface area contributed by atoms with Gasteiger partial charge in [0.25, 0.3) is 0 Å². The summed E-state index contributed by atoms with van der Waals surface area (Å²) in [6.45, 7) is 4.96. The molecule has 2 aliphatic rings. The Labute approximate surface area is 152 Å². The molecule has 0 bridgehead atoms. The molecule has 0 saturated carbocycles. The fourth-order valence-corrected chi connectivity index (χ4v) is 4.32. The van der Waals surface area contributed by atoms with E-state index in [0.29, 0.717) is 18.8 Å². The average molecular weight is 369 g/mol. The summed E-state index contributed by atoms with van der Waals surface area (Å²) in [4.78, 5) is 21.8. The van der Waals surface area contributed by atoms with Gasteiger partial charge < -0.3 is 20.1 Å². The molecule has 0 unspecified atom stereocenters. The molecule has 1 aromatic heterocycles. The zero-order valence-electron chi connectivity index (χ0n) is 15.0. The first-order chi connectivity index (χ1) is 12.0. The molecule has 2 saturated heterocycles. The van der Waals surface area contributed by atoms with E-state index in [1.165, 1.54) is 11.8 Å². The molecule has 7 nitrogen and oxygen atoms in total. The van der Waals surface area contributed by atoms with Crippen LogP contribution >= 0.6 is 11.8 Å². The number of nitrogens with zero attached hydrogens (tertiary/aromatic N) is 2. The van der Waals surface area contributed by atoms with Crippen LogP contribution in [0.2, 0.25) is 0 Å². The molecule has 1 amide bonds. The van der Waals surface area contributed by atoms with E-state index in [0.717, 1.165) is 38.3 Å². The Morgan fingerprint density at radius 2 is 2.28 bits per heavy atom. The molecular weight excluding hydrogens is 340 g/mol. The van der Waals surface area contributed by atoms with Crippen LogP contribution in [0.25, 0.3) is 0 Å². The van der Waals surface area contributed by atoms with E-state index < -0.39 is 17.2 Å². The highest BCUT2D eigenvalue weighted by atomic mass is 32.2. The first-order valence-electron chi connectivity index (χ1n) is 8.80. The molecule has 1 aromatic rings. The van der Waals surface area contributed by atoms with Gasteiger partial charge in [-0.05, 0) is 32.4 Å². The molecule has 3 heterocycles. The lowest BCUT2D eigenvalue weighted by Crippen LogP contribution is -2.69. The number of aromatic nitrogens is 2. The standard InChI is InChI=1S/C17H28N4O3S/c1-16(20-14(22)12-25-2)5-10-24-17(15(16)23)3-8-21(9-4-17)11-13-18-6-7-19-13/h6-7,15,23H,3-5,8-12H2,1-2H3,(H,18,19)(H,20,22)/t15-,16+/m0/s1. The minimum Gasteiger partial charge on any atom is -0.388 e. The van der Waals surface area contributed by atoms with Crippen LogP contribution in [0, 0.1) is 0 Å². The van der Waals surface area contributed by atoms with Crippen LogP contribution < -0.4 is 5.32 Å². The molecule has 1 spiro atoms. The number of carbonyl (C=O) groups is 1. The minimum absolute atomic E-state index is 0.0265. The minimum atomic E-state index is -0.703. The summed E-state index contributed by atoms with van der Waals surface area (Å²) in [5.41, 5.74) is -1.20. The van der Waals surface area contributed by atoms with Gasteiger partial charge in [0.15, 0.2) is 0 Å². The zero-order valence-corrected chi connectivity index (χ0v) is 15.8. The van der Waals surface area contributed by atoms with E-state index in [4.69, 9.17) is 4.74 Å². The van der Waals surface area contributed by atoms with Gasteiger partial charge in [-0.2, -0.15) is 11.8 Å². The van der Waals surface area contributed by atoms with Crippen molar-refractivity contribution in [2.24, 2.45) is 0 Å². The van der Waals surface area contributed by atoms with Gasteiger partial charge in [-0.1, -0.05) is 0 Å². The number of H-pyrrole nitrogens is 1. The first-order valence-corrected chi connectivity index (χ1v) is 10.2. The number of aromatic amines is 1. The highest BCUT2D eigenvalue weighted by molar-refractivity contribution is 7.99. The predicted octanol–water partition coefficient (Wildman–Crippen LogP) is 0.763. The molecule has 8 heteroatoms. The van der Waals surface area contributed by atoms with Crippen LogP contribution in [0.4, 0.5) is 0 Å². The second kappa shape index (κ2) is 7.65. The van der Waals surface area contributed by atoms with Crippen molar-refractivity contribution >= 4 is 17.7 Å². The Morgan fingerprint density at radius 3 is 2.92 bits per heavy atom. The molecule has 0 aliphatic carbocycles. The smallest absolute Gasteiger partial charge is 0.230 e. The van der Waals surface area contributed by atoms with Crippen molar-refractivity contribution in [2.45, 2.75) is 50.0 Å². The normalized spacial score (nSPS) is 29.6. The van der Waals surface area contributed by atoms with Crippen LogP contribution in [0.1, 0.15) is 32.0 Å². The summed E-state index contributed by atoms with van der Waals surface area (Å²) in [6.07, 6.45) is 6.93. The zero-order chi connectivity index (χ0) is 17.9. The van der Waals surface area contributed by atoms with Crippen molar-refractivity contribution in [3.63, 3.8) is 0 Å². The van der Waals surface area contributed by atoms with Gasteiger partial charge in [0.2, 0.25) is 5.91 Å². The number of nitrogens with one attached hydrogen (secondary N) is 2. The maximum Gasteiger partial charge on any atom is 0.230 e. The Bertz CT molecular complexity index is 574. The largest absolute Gasteiger partial charge is 0.388 e. The SMILES string of the molecule is CSCC(=O)N[C@]1(C)CCOC2(CCN(Cc3ncc[nH]3)CC2)[C@H]1O. The van der Waals surface area contributed by atoms with E-state index in [-0.39, 0.29) is 5.91 Å². The Morgan fingerprint density at radius 1 is 1.52 bits per heavy atom. The lowest BCUT2D eigenvalue weighted by Gasteiger charge is -2.53. The van der Waals surface area contributed by atoms with Gasteiger partial charge in [0.05, 0.1) is 23.4 Å². The topological polar surface area (TPSA) is 90.5 Å². The van der Waals surface area contributed by atoms with Crippen LogP contribution in [-0.4, -0.2) is 74.8 Å². The van der Waals surface area contributed by atoms with Gasteiger partial charge in [0, 0.05) is 32.1 Å². The van der Waals surface area contributed by atoms with Gasteiger partial charge in [0.1, 0.15) is 11.9 Å². The molecule has 2 atom stereocenters. The van der Waals surface area contributed by atoms with Gasteiger partial charge >= 0.3 is 0 Å². The number of thioether (sulfide) groups is 1. The van der Waals surface area contributed by atoms with Crippen molar-refractivity contribution in [2.75, 3.05) is 31.7 Å². The van der Waals surface area contributed by atoms with Crippen molar-refractivity contribution in [3.05, 3.63) is 18.2 Å². The van der Waals surface area contributed by atoms with Crippen LogP contribution in [-0.2, 0) is 16.1 Å². The number of aliphatic hydroxyl groups excluding tert-OH is 1. The number of rotatable bonds is 5. The maximum atomic E-state index is 12.1. The average Bonchev–Trinajstić information content (AvgIpc) is 3.08. The second-order valence-corrected chi connectivity index (χ2v) is 8.14. The highest BCUT2D eigenvalue weighted by Crippen LogP contribution is 2.40. The molecule has 3 rings (SSSR count). The van der Waals surface area contributed by atoms with Gasteiger partial charge in [-0.3, -0.25) is 9.69 Å². The van der Waals surface area contributed by atoms with E-state index in [1.807, 2.05) is 19.4 Å². The third kappa shape index (κ3) is 4.02. The monoisotopic (exact) mass is 368 g/mol. The van der Waals surface area contributed by atoms with E-state index >= 15 is 0 Å². The molecule has 0 aromatic carbocycles. The predicted molar refractivity (Wildman–Crippen MR) is 97.3 cm³/mol. The maximum absolute atomic E-state index is 12.1. The van der Waals surface area contributed by atoms with Gasteiger partial charge in [-0.15, -0.1) is 0 Å². The highest BCUT2D eigenvalue weighted by Gasteiger charge is 2.53. The van der Waals surface area contributed by atoms with Crippen molar-refractivity contribution in [1.82, 2.24) is 20.2 Å². The van der Waals surface area contributed by atoms with E-state index in [1.54, 1.807) is 6.20 Å².